The van der Waals surface area contributed by atoms with Crippen molar-refractivity contribution >= 4 is 40.4 Å². The molecule has 1 aliphatic heterocycles. The van der Waals surface area contributed by atoms with E-state index in [2.05, 4.69) is 26.2 Å². The molecule has 1 fully saturated rings. The van der Waals surface area contributed by atoms with Gasteiger partial charge in [0.2, 0.25) is 0 Å². The Bertz CT molecular complexity index is 121. The molecule has 0 N–H and O–H groups in total. The summed E-state index contributed by atoms with van der Waals surface area (Å²) in [7, 11) is -1.98. The van der Waals surface area contributed by atoms with Gasteiger partial charge >= 0.3 is 23.9 Å². The molecule has 0 saturated carbocycles. The number of halogens is 3. The fourth-order valence-electron chi connectivity index (χ4n) is 1.54. The van der Waals surface area contributed by atoms with Crippen LogP contribution in [-0.4, -0.2) is 40.4 Å². The summed E-state index contributed by atoms with van der Waals surface area (Å²) in [6.45, 7) is 9.53. The first-order chi connectivity index (χ1) is 3.91. The van der Waals surface area contributed by atoms with Crippen molar-refractivity contribution in [3.05, 3.63) is 4.65 Å². The maximum Gasteiger partial charge on any atom is 4.00 e. The van der Waals surface area contributed by atoms with Crippen molar-refractivity contribution in [3.8, 4) is 0 Å². The van der Waals surface area contributed by atoms with E-state index in [1.54, 1.807) is 0 Å². The van der Waals surface area contributed by atoms with Crippen molar-refractivity contribution in [1.82, 2.24) is 0 Å². The van der Waals surface area contributed by atoms with E-state index in [0.717, 1.165) is 0 Å². The summed E-state index contributed by atoms with van der Waals surface area (Å²) in [4.78, 5) is 0. The van der Waals surface area contributed by atoms with E-state index in [1.807, 2.05) is 0 Å². The van der Waals surface area contributed by atoms with Crippen LogP contribution in [-0.2, 0) is 0 Å². The van der Waals surface area contributed by atoms with Gasteiger partial charge in [-0.05, 0) is 0 Å². The fraction of sp³-hybridized carbons (Fsp3) is 1.00. The fourth-order valence-corrected chi connectivity index (χ4v) is 13.9. The Morgan fingerprint density at radius 3 is 1.08 bits per heavy atom. The Kier molecular flexibility index (Phi) is 15.4. The van der Waals surface area contributed by atoms with Crippen LogP contribution in [0.1, 0.15) is 0 Å². The van der Waals surface area contributed by atoms with Gasteiger partial charge < -0.3 is 41.9 Å². The Hall–Kier alpha value is 2.06. The van der Waals surface area contributed by atoms with Crippen molar-refractivity contribution in [2.24, 2.45) is 0 Å². The number of hydrogen-bond donors (Lipinski definition) is 0. The first-order valence-corrected chi connectivity index (χ1v) is 9.96. The predicted molar refractivity (Wildman–Crippen MR) is 53.7 cm³/mol. The summed E-state index contributed by atoms with van der Waals surface area (Å²) in [5.41, 5.74) is 0. The van der Waals surface area contributed by atoms with Crippen LogP contribution < -0.4 is 37.2 Å². The maximum absolute atomic E-state index is 4.93. The van der Waals surface area contributed by atoms with E-state index in [9.17, 15) is 0 Å². The Labute approximate surface area is 120 Å². The zero-order chi connectivity index (χ0) is 7.12. The molecule has 0 aromatic rings. The molecule has 0 spiro atoms. The molecule has 1 heterocycles. The summed E-state index contributed by atoms with van der Waals surface area (Å²) in [5.74, 6) is 0. The molecular weight excluding hydrogens is 367 g/mol. The quantitative estimate of drug-likeness (QED) is 0.370. The second kappa shape index (κ2) is 8.24. The van der Waals surface area contributed by atoms with E-state index in [0.29, 0.717) is 0 Å². The summed E-state index contributed by atoms with van der Waals surface area (Å²) < 4.78 is 4.93. The molecule has 0 aromatic carbocycles. The number of rotatable bonds is 0. The zero-order valence-corrected chi connectivity index (χ0v) is 15.6. The SMILES string of the molecule is C[Si]1(C)CC[Si](C)(C)[N-]1.[Cl-].[Cl-].[Cl-].[Sn+4]. The van der Waals surface area contributed by atoms with Gasteiger partial charge in [0, 0.05) is 0 Å². The molecule has 1 rings (SSSR count). The molecule has 0 aliphatic carbocycles. The van der Waals surface area contributed by atoms with E-state index in [-0.39, 0.29) is 61.1 Å². The monoisotopic (exact) mass is 383 g/mol. The van der Waals surface area contributed by atoms with E-state index < -0.39 is 16.5 Å². The summed E-state index contributed by atoms with van der Waals surface area (Å²) in [5, 5.41) is 0. The average molecular weight is 383 g/mol. The van der Waals surface area contributed by atoms with Crippen LogP contribution in [0.4, 0.5) is 0 Å². The third-order valence-electron chi connectivity index (χ3n) is 1.95. The maximum atomic E-state index is 4.93. The van der Waals surface area contributed by atoms with Gasteiger partial charge in [-0.3, -0.25) is 0 Å². The molecule has 78 valence electrons. The van der Waals surface area contributed by atoms with Crippen LogP contribution >= 0.6 is 0 Å². The molecule has 13 heavy (non-hydrogen) atoms. The molecule has 1 nitrogen and oxygen atoms in total. The van der Waals surface area contributed by atoms with Crippen LogP contribution in [0, 0.1) is 0 Å². The normalized spacial score (nSPS) is 21.2. The van der Waals surface area contributed by atoms with Crippen molar-refractivity contribution in [1.29, 1.82) is 0 Å². The zero-order valence-electron chi connectivity index (χ0n) is 8.50. The standard InChI is InChI=1S/C6H16NSi2.3ClH.Sn/c1-8(2)5-6-9(3,4)7-8;;;;/h5-6H2,1-4H3;3*1H;/q-1;;;;+4/p-3. The molecule has 0 amide bonds. The molecule has 1 aliphatic rings. The van der Waals surface area contributed by atoms with Crippen molar-refractivity contribution < 1.29 is 37.2 Å². The van der Waals surface area contributed by atoms with Crippen molar-refractivity contribution in [3.63, 3.8) is 0 Å². The second-order valence-electron chi connectivity index (χ2n) is 4.24. The van der Waals surface area contributed by atoms with E-state index in [1.165, 1.54) is 12.1 Å². The topological polar surface area (TPSA) is 14.1 Å². The number of hydrogen-bond acceptors (Lipinski definition) is 0. The van der Waals surface area contributed by atoms with Crippen LogP contribution in [0.5, 0.6) is 0 Å². The molecule has 0 unspecified atom stereocenters. The van der Waals surface area contributed by atoms with Gasteiger partial charge in [-0.1, -0.05) is 54.7 Å². The second-order valence-corrected chi connectivity index (χ2v) is 13.4. The van der Waals surface area contributed by atoms with Gasteiger partial charge in [-0.15, -0.1) is 0 Å². The third-order valence-corrected chi connectivity index (χ3v) is 10.2. The Morgan fingerprint density at radius 1 is 0.769 bits per heavy atom. The van der Waals surface area contributed by atoms with Gasteiger partial charge in [-0.25, -0.2) is 0 Å². The minimum atomic E-state index is -0.989. The van der Waals surface area contributed by atoms with Gasteiger partial charge in [0.25, 0.3) is 0 Å². The van der Waals surface area contributed by atoms with Crippen LogP contribution in [0.2, 0.25) is 38.3 Å². The van der Waals surface area contributed by atoms with Crippen LogP contribution in [0.3, 0.4) is 0 Å². The first kappa shape index (κ1) is 24.3. The molecule has 7 heteroatoms. The Morgan fingerprint density at radius 2 is 1.00 bits per heavy atom. The van der Waals surface area contributed by atoms with Crippen LogP contribution in [0.25, 0.3) is 4.65 Å². The average Bonchev–Trinajstić information content (AvgIpc) is 1.78. The van der Waals surface area contributed by atoms with Gasteiger partial charge in [-0.2, -0.15) is 0 Å². The molecule has 1 saturated heterocycles. The molecule has 0 aromatic heterocycles. The van der Waals surface area contributed by atoms with Gasteiger partial charge in [0.05, 0.1) is 0 Å². The predicted octanol–water partition coefficient (Wildman–Crippen LogP) is -6.58. The third kappa shape index (κ3) is 9.02. The first-order valence-electron chi connectivity index (χ1n) is 3.65. The summed E-state index contributed by atoms with van der Waals surface area (Å²) in [6.07, 6.45) is 0. The van der Waals surface area contributed by atoms with Gasteiger partial charge in [0.15, 0.2) is 0 Å². The summed E-state index contributed by atoms with van der Waals surface area (Å²) >= 11 is 0. The van der Waals surface area contributed by atoms with Crippen molar-refractivity contribution in [2.45, 2.75) is 38.3 Å². The summed E-state index contributed by atoms with van der Waals surface area (Å²) in [6, 6.07) is 2.90. The van der Waals surface area contributed by atoms with Gasteiger partial charge in [0.1, 0.15) is 0 Å². The minimum absolute atomic E-state index is 0. The molecule has 0 bridgehead atoms. The Balaban J connectivity index is -0.000000101. The minimum Gasteiger partial charge on any atom is -1.00 e. The molecule has 0 radical (unpaired) electrons. The smallest absolute Gasteiger partial charge is 1.00 e. The largest absolute Gasteiger partial charge is 4.00 e. The van der Waals surface area contributed by atoms with E-state index >= 15 is 0 Å². The van der Waals surface area contributed by atoms with Crippen molar-refractivity contribution in [2.75, 3.05) is 0 Å². The van der Waals surface area contributed by atoms with Crippen LogP contribution in [0.15, 0.2) is 0 Å². The number of nitrogens with zero attached hydrogens (tertiary/aromatic N) is 1. The molecule has 0 atom stereocenters. The van der Waals surface area contributed by atoms with E-state index in [4.69, 9.17) is 4.65 Å². The molecular formula is C6H16Cl3NSi2Sn.